The number of hydrogen-bond donors (Lipinski definition) is 1. The lowest BCUT2D eigenvalue weighted by Crippen LogP contribution is -2.23. The highest BCUT2D eigenvalue weighted by Gasteiger charge is 2.14. The van der Waals surface area contributed by atoms with Gasteiger partial charge in [0.1, 0.15) is 5.82 Å². The van der Waals surface area contributed by atoms with E-state index in [4.69, 9.17) is 0 Å². The van der Waals surface area contributed by atoms with E-state index in [1.807, 2.05) is 0 Å². The van der Waals surface area contributed by atoms with Gasteiger partial charge < -0.3 is 5.32 Å². The van der Waals surface area contributed by atoms with Crippen LogP contribution in [0.5, 0.6) is 0 Å². The Hall–Kier alpha value is -2.76. The summed E-state index contributed by atoms with van der Waals surface area (Å²) in [5, 5.41) is 13.5. The topological polar surface area (TPSA) is 72.2 Å². The van der Waals surface area contributed by atoms with Crippen LogP contribution in [0.15, 0.2) is 42.5 Å². The largest absolute Gasteiger partial charge is 0.348 e. The van der Waals surface area contributed by atoms with Crippen molar-refractivity contribution in [2.75, 3.05) is 0 Å². The van der Waals surface area contributed by atoms with Gasteiger partial charge in [0, 0.05) is 23.7 Å². The van der Waals surface area contributed by atoms with Gasteiger partial charge in [-0.2, -0.15) is 0 Å². The Morgan fingerprint density at radius 3 is 2.67 bits per heavy atom. The summed E-state index contributed by atoms with van der Waals surface area (Å²) < 4.78 is 13.1. The number of carbonyl (C=O) groups excluding carboxylic acids is 1. The van der Waals surface area contributed by atoms with Crippen molar-refractivity contribution in [3.8, 4) is 0 Å². The summed E-state index contributed by atoms with van der Waals surface area (Å²) >= 11 is 0. The van der Waals surface area contributed by atoms with Gasteiger partial charge in [-0.1, -0.05) is 18.2 Å². The minimum Gasteiger partial charge on any atom is -0.348 e. The van der Waals surface area contributed by atoms with E-state index in [0.29, 0.717) is 16.7 Å². The van der Waals surface area contributed by atoms with Gasteiger partial charge >= 0.3 is 0 Å². The Labute approximate surface area is 120 Å². The normalized spacial score (nSPS) is 10.2. The van der Waals surface area contributed by atoms with Gasteiger partial charge in [-0.05, 0) is 30.7 Å². The molecule has 0 spiro atoms. The van der Waals surface area contributed by atoms with Crippen LogP contribution >= 0.6 is 0 Å². The lowest BCUT2D eigenvalue weighted by atomic mass is 10.1. The average molecular weight is 288 g/mol. The second-order valence-corrected chi connectivity index (χ2v) is 4.53. The van der Waals surface area contributed by atoms with E-state index < -0.39 is 10.8 Å². The van der Waals surface area contributed by atoms with Crippen LogP contribution in [0.3, 0.4) is 0 Å². The predicted octanol–water partition coefficient (Wildman–Crippen LogP) is 2.97. The van der Waals surface area contributed by atoms with Crippen molar-refractivity contribution in [1.29, 1.82) is 0 Å². The van der Waals surface area contributed by atoms with Crippen molar-refractivity contribution in [2.24, 2.45) is 0 Å². The van der Waals surface area contributed by atoms with Crippen LogP contribution in [-0.2, 0) is 6.54 Å². The molecule has 0 unspecified atom stereocenters. The number of amides is 1. The third-order valence-electron chi connectivity index (χ3n) is 3.05. The Balaban J connectivity index is 2.11. The Morgan fingerprint density at radius 2 is 2.00 bits per heavy atom. The number of benzene rings is 2. The number of nitro benzene ring substituents is 1. The molecule has 5 nitrogen and oxygen atoms in total. The molecule has 1 amide bonds. The molecule has 0 aliphatic rings. The lowest BCUT2D eigenvalue weighted by molar-refractivity contribution is -0.385. The molecule has 2 rings (SSSR count). The van der Waals surface area contributed by atoms with Gasteiger partial charge in [-0.15, -0.1) is 0 Å². The van der Waals surface area contributed by atoms with E-state index in [2.05, 4.69) is 5.32 Å². The molecule has 0 saturated heterocycles. The summed E-state index contributed by atoms with van der Waals surface area (Å²) in [6, 6.07) is 10.2. The number of nitrogens with zero attached hydrogens (tertiary/aromatic N) is 1. The zero-order valence-electron chi connectivity index (χ0n) is 11.3. The van der Waals surface area contributed by atoms with Crippen LogP contribution in [0.4, 0.5) is 10.1 Å². The van der Waals surface area contributed by atoms with Crippen LogP contribution in [0, 0.1) is 22.9 Å². The third-order valence-corrected chi connectivity index (χ3v) is 3.05. The second kappa shape index (κ2) is 6.13. The third kappa shape index (κ3) is 3.42. The van der Waals surface area contributed by atoms with Gasteiger partial charge in [0.15, 0.2) is 0 Å². The summed E-state index contributed by atoms with van der Waals surface area (Å²) in [6.07, 6.45) is 0. The highest BCUT2D eigenvalue weighted by atomic mass is 19.1. The smallest absolute Gasteiger partial charge is 0.274 e. The van der Waals surface area contributed by atoms with Gasteiger partial charge in [0.05, 0.1) is 4.92 Å². The van der Waals surface area contributed by atoms with Gasteiger partial charge in [-0.3, -0.25) is 14.9 Å². The molecule has 0 aromatic heterocycles. The van der Waals surface area contributed by atoms with Crippen LogP contribution < -0.4 is 5.32 Å². The van der Waals surface area contributed by atoms with Gasteiger partial charge in [0.2, 0.25) is 0 Å². The van der Waals surface area contributed by atoms with Crippen LogP contribution in [0.1, 0.15) is 21.5 Å². The number of aryl methyl sites for hydroxylation is 1. The van der Waals surface area contributed by atoms with E-state index in [1.165, 1.54) is 24.3 Å². The number of carbonyl (C=O) groups is 1. The van der Waals surface area contributed by atoms with Gasteiger partial charge in [-0.25, -0.2) is 4.39 Å². The van der Waals surface area contributed by atoms with Crippen molar-refractivity contribution < 1.29 is 14.1 Å². The summed E-state index contributed by atoms with van der Waals surface area (Å²) in [7, 11) is 0. The molecule has 0 bridgehead atoms. The molecule has 0 aliphatic heterocycles. The number of para-hydroxylation sites is 1. The minimum atomic E-state index is -0.496. The van der Waals surface area contributed by atoms with Crippen molar-refractivity contribution >= 4 is 11.6 Å². The maximum atomic E-state index is 13.1. The van der Waals surface area contributed by atoms with Crippen LogP contribution in [-0.4, -0.2) is 10.8 Å². The van der Waals surface area contributed by atoms with Crippen molar-refractivity contribution in [3.63, 3.8) is 0 Å². The molecule has 108 valence electrons. The zero-order valence-corrected chi connectivity index (χ0v) is 11.3. The Kier molecular flexibility index (Phi) is 4.27. The molecule has 2 aromatic carbocycles. The number of rotatable bonds is 4. The highest BCUT2D eigenvalue weighted by molar-refractivity contribution is 5.94. The number of nitro groups is 1. The van der Waals surface area contributed by atoms with Gasteiger partial charge in [0.25, 0.3) is 11.6 Å². The molecule has 0 saturated carbocycles. The first-order valence-corrected chi connectivity index (χ1v) is 6.25. The molecule has 0 radical (unpaired) electrons. The molecular weight excluding hydrogens is 275 g/mol. The quantitative estimate of drug-likeness (QED) is 0.694. The SMILES string of the molecule is Cc1cc(C(=O)NCc2ccccc2[N+](=O)[O-])ccc1F. The molecule has 6 heteroatoms. The monoisotopic (exact) mass is 288 g/mol. The molecule has 1 N–H and O–H groups in total. The Morgan fingerprint density at radius 1 is 1.29 bits per heavy atom. The molecular formula is C15H13FN2O3. The van der Waals surface area contributed by atoms with E-state index in [9.17, 15) is 19.3 Å². The number of hydrogen-bond acceptors (Lipinski definition) is 3. The molecule has 21 heavy (non-hydrogen) atoms. The zero-order chi connectivity index (χ0) is 15.4. The van der Waals surface area contributed by atoms with Crippen molar-refractivity contribution in [3.05, 3.63) is 75.1 Å². The molecule has 0 fully saturated rings. The maximum absolute atomic E-state index is 13.1. The predicted molar refractivity (Wildman–Crippen MR) is 75.4 cm³/mol. The van der Waals surface area contributed by atoms with E-state index in [1.54, 1.807) is 25.1 Å². The van der Waals surface area contributed by atoms with Crippen LogP contribution in [0.2, 0.25) is 0 Å². The first-order valence-electron chi connectivity index (χ1n) is 6.25. The van der Waals surface area contributed by atoms with Crippen molar-refractivity contribution in [1.82, 2.24) is 5.32 Å². The minimum absolute atomic E-state index is 0.0341. The molecule has 0 atom stereocenters. The summed E-state index contributed by atoms with van der Waals surface area (Å²) in [5.74, 6) is -0.790. The average Bonchev–Trinajstić information content (AvgIpc) is 2.47. The fraction of sp³-hybridized carbons (Fsp3) is 0.133. The highest BCUT2D eigenvalue weighted by Crippen LogP contribution is 2.17. The first kappa shape index (κ1) is 14.6. The van der Waals surface area contributed by atoms with E-state index in [0.717, 1.165) is 0 Å². The standard InChI is InChI=1S/C15H13FN2O3/c1-10-8-11(6-7-13(10)16)15(19)17-9-12-4-2-3-5-14(12)18(20)21/h2-8H,9H2,1H3,(H,17,19). The van der Waals surface area contributed by atoms with E-state index >= 15 is 0 Å². The molecule has 0 aliphatic carbocycles. The fourth-order valence-electron chi connectivity index (χ4n) is 1.90. The second-order valence-electron chi connectivity index (χ2n) is 4.53. The lowest BCUT2D eigenvalue weighted by Gasteiger charge is -2.07. The summed E-state index contributed by atoms with van der Waals surface area (Å²) in [4.78, 5) is 22.3. The molecule has 0 heterocycles. The van der Waals surface area contributed by atoms with Crippen LogP contribution in [0.25, 0.3) is 0 Å². The number of halogens is 1. The van der Waals surface area contributed by atoms with E-state index in [-0.39, 0.29) is 18.0 Å². The summed E-state index contributed by atoms with van der Waals surface area (Å²) in [5.41, 5.74) is 1.04. The Bertz CT molecular complexity index is 701. The van der Waals surface area contributed by atoms with Crippen molar-refractivity contribution in [2.45, 2.75) is 13.5 Å². The first-order chi connectivity index (χ1) is 9.99. The molecule has 2 aromatic rings. The summed E-state index contributed by atoms with van der Waals surface area (Å²) in [6.45, 7) is 1.60. The fourth-order valence-corrected chi connectivity index (χ4v) is 1.90. The maximum Gasteiger partial charge on any atom is 0.274 e. The number of nitrogens with one attached hydrogen (secondary N) is 1.